The van der Waals surface area contributed by atoms with Gasteiger partial charge >= 0.3 is 14.1 Å². The minimum Gasteiger partial charge on any atom is -0.437 e. The number of nitrogens with zero attached hydrogens (tertiary/aromatic N) is 3. The number of rotatable bonds is 6. The first-order chi connectivity index (χ1) is 14.7. The highest BCUT2D eigenvalue weighted by atomic mass is 16.2. The molecule has 0 aromatic heterocycles. The lowest BCUT2D eigenvalue weighted by Gasteiger charge is -2.40. The van der Waals surface area contributed by atoms with Crippen molar-refractivity contribution in [2.24, 2.45) is 0 Å². The van der Waals surface area contributed by atoms with E-state index in [2.05, 4.69) is 22.3 Å². The molecule has 1 aromatic rings. The van der Waals surface area contributed by atoms with E-state index in [1.807, 2.05) is 27.8 Å². The van der Waals surface area contributed by atoms with E-state index < -0.39 is 14.1 Å². The topological polar surface area (TPSA) is 96.3 Å². The van der Waals surface area contributed by atoms with Gasteiger partial charge < -0.3 is 25.0 Å². The smallest absolute Gasteiger partial charge is 0.376 e. The van der Waals surface area contributed by atoms with Crippen molar-refractivity contribution < 1.29 is 19.6 Å². The molecule has 2 atom stereocenters. The summed E-state index contributed by atoms with van der Waals surface area (Å²) >= 11 is 0. The van der Waals surface area contributed by atoms with Gasteiger partial charge in [-0.05, 0) is 33.1 Å². The number of benzene rings is 1. The van der Waals surface area contributed by atoms with Gasteiger partial charge in [-0.25, -0.2) is 0 Å². The molecule has 2 saturated heterocycles. The van der Waals surface area contributed by atoms with Crippen LogP contribution in [0.5, 0.6) is 0 Å². The zero-order valence-electron chi connectivity index (χ0n) is 19.2. The molecule has 3 rings (SSSR count). The molecule has 0 radical (unpaired) electrons. The number of carbonyl (C=O) groups is 2. The van der Waals surface area contributed by atoms with Crippen molar-refractivity contribution in [3.63, 3.8) is 0 Å². The van der Waals surface area contributed by atoms with Crippen LogP contribution in [0.4, 0.5) is 0 Å². The van der Waals surface area contributed by atoms with E-state index in [1.165, 1.54) is 5.56 Å². The minimum absolute atomic E-state index is 0.103. The van der Waals surface area contributed by atoms with Crippen LogP contribution in [0.1, 0.15) is 19.4 Å². The van der Waals surface area contributed by atoms with Gasteiger partial charge in [0, 0.05) is 45.8 Å². The molecule has 31 heavy (non-hydrogen) atoms. The molecule has 2 heterocycles. The Labute approximate surface area is 186 Å². The highest BCUT2D eigenvalue weighted by Crippen LogP contribution is 2.15. The van der Waals surface area contributed by atoms with E-state index in [-0.39, 0.29) is 23.7 Å². The maximum absolute atomic E-state index is 11.8. The fraction of sp³-hybridized carbons (Fsp3) is 0.619. The first kappa shape index (κ1) is 25.7. The van der Waals surface area contributed by atoms with Gasteiger partial charge in [-0.1, -0.05) is 30.3 Å². The summed E-state index contributed by atoms with van der Waals surface area (Å²) in [5.74, 6) is 0.307. The second kappa shape index (κ2) is 12.5. The molecule has 2 fully saturated rings. The summed E-state index contributed by atoms with van der Waals surface area (Å²) in [5, 5.41) is 22.0. The van der Waals surface area contributed by atoms with Crippen LogP contribution >= 0.6 is 0 Å². The summed E-state index contributed by atoms with van der Waals surface area (Å²) in [6.45, 7) is 11.9. The molecule has 3 N–H and O–H groups in total. The fourth-order valence-electron chi connectivity index (χ4n) is 3.96. The van der Waals surface area contributed by atoms with Crippen molar-refractivity contribution in [3.8, 4) is 0 Å². The maximum atomic E-state index is 11.8. The molecule has 10 heteroatoms. The lowest BCUT2D eigenvalue weighted by molar-refractivity contribution is -0.124. The Morgan fingerprint density at radius 1 is 0.968 bits per heavy atom. The molecule has 0 spiro atoms. The lowest BCUT2D eigenvalue weighted by Crippen LogP contribution is -2.58. The molecule has 0 bridgehead atoms. The third kappa shape index (κ3) is 8.14. The van der Waals surface area contributed by atoms with E-state index in [0.29, 0.717) is 13.1 Å². The summed E-state index contributed by atoms with van der Waals surface area (Å²) in [4.78, 5) is 28.9. The normalized spacial score (nSPS) is 22.9. The number of nitrogens with one attached hydrogen (secondary N) is 1. The Hall–Kier alpha value is -1.55. The monoisotopic (exact) mass is 430 g/mol. The number of ketones is 2. The predicted molar refractivity (Wildman–Crippen MR) is 125 cm³/mol. The van der Waals surface area contributed by atoms with Gasteiger partial charge in [-0.3, -0.25) is 14.5 Å². The summed E-state index contributed by atoms with van der Waals surface area (Å²) in [6.07, 6.45) is 0. The summed E-state index contributed by atoms with van der Waals surface area (Å²) in [7, 11) is -0.935. The van der Waals surface area contributed by atoms with Crippen LogP contribution in [-0.4, -0.2) is 102 Å². The minimum atomic E-state index is -0.485. The van der Waals surface area contributed by atoms with Crippen LogP contribution in [0.3, 0.4) is 0 Å². The Bertz CT molecular complexity index is 708. The standard InChI is InChI=1S/C14H21BN2O2.C7H15BN2O2/c1-12(18)14-11-17(15(2)19)9-8-16(14)10-13-6-4-3-5-7-13;1-6(11)7-5-10(8(2)12)4-3-9-7/h3-7,14,19H,8-11H2,1-2H3;7,9,12H,3-5H2,1-2H3. The number of Topliss-reactive ketones (excluding diaryl/α,β-unsaturated/α-hetero) is 2. The van der Waals surface area contributed by atoms with Gasteiger partial charge in [0.15, 0.2) is 0 Å². The number of carbonyl (C=O) groups excluding carboxylic acids is 2. The molecule has 1 aromatic carbocycles. The van der Waals surface area contributed by atoms with Crippen LogP contribution in [-0.2, 0) is 16.1 Å². The SMILES string of the molecule is CB(O)N1CCN(Cc2ccccc2)C(C(C)=O)C1.CB(O)N1CCNC(C(C)=O)C1. The van der Waals surface area contributed by atoms with E-state index in [4.69, 9.17) is 0 Å². The zero-order valence-corrected chi connectivity index (χ0v) is 19.2. The van der Waals surface area contributed by atoms with Crippen molar-refractivity contribution in [2.45, 2.75) is 46.1 Å². The molecule has 0 saturated carbocycles. The van der Waals surface area contributed by atoms with Crippen molar-refractivity contribution in [2.75, 3.05) is 39.3 Å². The van der Waals surface area contributed by atoms with E-state index in [1.54, 1.807) is 27.5 Å². The van der Waals surface area contributed by atoms with E-state index in [9.17, 15) is 19.6 Å². The molecule has 0 amide bonds. The highest BCUT2D eigenvalue weighted by Gasteiger charge is 2.32. The quantitative estimate of drug-likeness (QED) is 0.536. The Morgan fingerprint density at radius 3 is 2.13 bits per heavy atom. The first-order valence-electron chi connectivity index (χ1n) is 11.1. The average Bonchev–Trinajstić information content (AvgIpc) is 2.75. The molecule has 170 valence electrons. The van der Waals surface area contributed by atoms with Crippen molar-refractivity contribution in [1.29, 1.82) is 0 Å². The lowest BCUT2D eigenvalue weighted by atomic mass is 9.83. The van der Waals surface area contributed by atoms with Crippen LogP contribution < -0.4 is 5.32 Å². The van der Waals surface area contributed by atoms with Gasteiger partial charge in [0.05, 0.1) is 12.1 Å². The summed E-state index contributed by atoms with van der Waals surface area (Å²) in [6, 6.07) is 9.97. The highest BCUT2D eigenvalue weighted by molar-refractivity contribution is 6.45. The molecule has 2 unspecified atom stereocenters. The third-order valence-electron chi connectivity index (χ3n) is 5.97. The number of hydrogen-bond acceptors (Lipinski definition) is 8. The Morgan fingerprint density at radius 2 is 1.58 bits per heavy atom. The molecular formula is C21H36B2N4O4. The Kier molecular flexibility index (Phi) is 10.3. The van der Waals surface area contributed by atoms with Crippen LogP contribution in [0.15, 0.2) is 30.3 Å². The van der Waals surface area contributed by atoms with Crippen molar-refractivity contribution in [1.82, 2.24) is 19.8 Å². The van der Waals surface area contributed by atoms with E-state index in [0.717, 1.165) is 32.7 Å². The largest absolute Gasteiger partial charge is 0.437 e. The van der Waals surface area contributed by atoms with Crippen LogP contribution in [0.25, 0.3) is 0 Å². The molecule has 2 aliphatic heterocycles. The van der Waals surface area contributed by atoms with Gasteiger partial charge in [0.25, 0.3) is 0 Å². The molecule has 0 aliphatic carbocycles. The number of piperazine rings is 2. The second-order valence-corrected chi connectivity index (χ2v) is 8.45. The first-order valence-corrected chi connectivity index (χ1v) is 11.1. The zero-order chi connectivity index (χ0) is 23.0. The molecular weight excluding hydrogens is 394 g/mol. The predicted octanol–water partition coefficient (Wildman–Crippen LogP) is -0.168. The van der Waals surface area contributed by atoms with Gasteiger partial charge in [0.1, 0.15) is 11.6 Å². The molecule has 8 nitrogen and oxygen atoms in total. The summed E-state index contributed by atoms with van der Waals surface area (Å²) in [5.41, 5.74) is 1.22. The van der Waals surface area contributed by atoms with Crippen LogP contribution in [0.2, 0.25) is 13.6 Å². The summed E-state index contributed by atoms with van der Waals surface area (Å²) < 4.78 is 0. The van der Waals surface area contributed by atoms with Gasteiger partial charge in [0.2, 0.25) is 0 Å². The van der Waals surface area contributed by atoms with Crippen molar-refractivity contribution in [3.05, 3.63) is 35.9 Å². The van der Waals surface area contributed by atoms with Gasteiger partial charge in [-0.2, -0.15) is 0 Å². The average molecular weight is 430 g/mol. The fourth-order valence-corrected chi connectivity index (χ4v) is 3.96. The Balaban J connectivity index is 0.000000245. The second-order valence-electron chi connectivity index (χ2n) is 8.45. The van der Waals surface area contributed by atoms with Gasteiger partial charge in [-0.15, -0.1) is 0 Å². The number of hydrogen-bond donors (Lipinski definition) is 3. The molecule has 2 aliphatic rings. The van der Waals surface area contributed by atoms with Crippen LogP contribution in [0, 0.1) is 0 Å². The third-order valence-corrected chi connectivity index (χ3v) is 5.97. The van der Waals surface area contributed by atoms with Crippen molar-refractivity contribution >= 4 is 25.7 Å². The maximum Gasteiger partial charge on any atom is 0.376 e. The van der Waals surface area contributed by atoms with E-state index >= 15 is 0 Å².